The number of cyclic esters (lactones) is 1. The zero-order valence-electron chi connectivity index (χ0n) is 25.6. The van der Waals surface area contributed by atoms with Crippen molar-refractivity contribution in [2.45, 2.75) is 18.8 Å². The van der Waals surface area contributed by atoms with Crippen LogP contribution in [0.3, 0.4) is 0 Å². The van der Waals surface area contributed by atoms with Crippen molar-refractivity contribution in [3.63, 3.8) is 0 Å². The van der Waals surface area contributed by atoms with Crippen LogP contribution in [0.4, 0.5) is 4.79 Å². The summed E-state index contributed by atoms with van der Waals surface area (Å²) in [6.07, 6.45) is -4.07. The van der Waals surface area contributed by atoms with E-state index in [0.717, 1.165) is 6.20 Å². The van der Waals surface area contributed by atoms with Gasteiger partial charge in [0.1, 0.15) is 6.56 Å². The maximum Gasteiger partial charge on any atom is 0.407 e. The number of carbonyl (C=O) groups excluding carboxylic acids is 1. The normalized spacial score (nSPS) is 33.7. The first-order valence-corrected chi connectivity index (χ1v) is 5.93. The molecule has 0 spiro atoms. The molecule has 1 aromatic carbocycles. The average Bonchev–Trinajstić information content (AvgIpc) is 3.16. The molecule has 1 aliphatic heterocycles. The molecule has 1 saturated heterocycles. The Kier molecular flexibility index (Phi) is 1.30. The molecule has 2 heterocycles. The molecular weight excluding hydrogens is 266 g/mol. The van der Waals surface area contributed by atoms with Gasteiger partial charge < -0.3 is 19.9 Å². The number of likely N-dealkylation sites (N-methyl/N-ethyl adjacent to an activating group) is 1. The fourth-order valence-corrected chi connectivity index (χ4v) is 1.86. The Bertz CT molecular complexity index is 1190. The lowest BCUT2D eigenvalue weighted by atomic mass is 10.0. The molecule has 5 heteroatoms. The van der Waals surface area contributed by atoms with Crippen LogP contribution in [0.5, 0.6) is 0 Å². The quantitative estimate of drug-likeness (QED) is 0.887. The number of aromatic amines is 1. The lowest BCUT2D eigenvalue weighted by Crippen LogP contribution is -2.28. The molecule has 1 amide bonds. The van der Waals surface area contributed by atoms with Crippen molar-refractivity contribution in [1.29, 1.82) is 0 Å². The number of rotatable bonds is 5. The zero-order chi connectivity index (χ0) is 27.8. The lowest BCUT2D eigenvalue weighted by molar-refractivity contribution is 0.177. The van der Waals surface area contributed by atoms with Gasteiger partial charge in [0.15, 0.2) is 0 Å². The number of H-pyrrole nitrogens is 1. The second-order valence-corrected chi connectivity index (χ2v) is 4.21. The third-order valence-corrected chi connectivity index (χ3v) is 2.77. The maximum atomic E-state index is 11.6. The minimum Gasteiger partial charge on any atom is -0.447 e. The highest BCUT2D eigenvalue weighted by atomic mass is 16.6. The van der Waals surface area contributed by atoms with Crippen LogP contribution in [-0.2, 0) is 17.5 Å². The number of hydrogen-bond donors (Lipinski definition) is 2. The molecule has 2 aromatic rings. The van der Waals surface area contributed by atoms with Crippen molar-refractivity contribution < 1.29 is 30.1 Å². The maximum absolute atomic E-state index is 11.6. The highest BCUT2D eigenvalue weighted by Crippen LogP contribution is 2.21. The summed E-state index contributed by atoms with van der Waals surface area (Å²) in [5.41, 5.74) is -1.18. The summed E-state index contributed by atoms with van der Waals surface area (Å²) in [4.78, 5) is 13.9. The standard InChI is InChI=1S/C16H21N3O2/c1-19(2)6-5-12-9-17-15-4-3-11(8-14(12)15)7-13-10-21-16(20)18-13/h3-4,8-9,13,17H,5-7,10H2,1-2H3,(H,18,20)/t13-/m0/s1/i1D3,2D3,3D,4D,6D2,7D2,8D,10D2. The van der Waals surface area contributed by atoms with Crippen LogP contribution in [0.1, 0.15) is 31.7 Å². The van der Waals surface area contributed by atoms with Gasteiger partial charge in [0.25, 0.3) is 0 Å². The molecule has 0 saturated carbocycles. The van der Waals surface area contributed by atoms with E-state index in [9.17, 15) is 4.79 Å². The van der Waals surface area contributed by atoms with Crippen molar-refractivity contribution in [3.8, 4) is 0 Å². The number of carbonyl (C=O) groups is 1. The molecule has 21 heavy (non-hydrogen) atoms. The number of ether oxygens (including phenoxy) is 1. The molecule has 112 valence electrons. The molecule has 0 radical (unpaired) electrons. The van der Waals surface area contributed by atoms with Gasteiger partial charge in [-0.15, -0.1) is 0 Å². The van der Waals surface area contributed by atoms with Gasteiger partial charge in [-0.2, -0.15) is 0 Å². The first-order valence-electron chi connectivity index (χ1n) is 13.4. The summed E-state index contributed by atoms with van der Waals surface area (Å²) in [5, 5.41) is 1.67. The minimum absolute atomic E-state index is 0.182. The molecule has 1 atom stereocenters. The van der Waals surface area contributed by atoms with Gasteiger partial charge in [-0.25, -0.2) is 4.79 Å². The smallest absolute Gasteiger partial charge is 0.407 e. The second-order valence-electron chi connectivity index (χ2n) is 4.21. The summed E-state index contributed by atoms with van der Waals surface area (Å²) in [5.74, 6) is 0. The first kappa shape index (κ1) is 4.74. The Morgan fingerprint density at radius 2 is 2.52 bits per heavy atom. The Balaban J connectivity index is 2.21. The van der Waals surface area contributed by atoms with E-state index >= 15 is 0 Å². The van der Waals surface area contributed by atoms with Crippen LogP contribution in [0.25, 0.3) is 10.9 Å². The van der Waals surface area contributed by atoms with E-state index in [-0.39, 0.29) is 21.4 Å². The van der Waals surface area contributed by atoms with Crippen molar-refractivity contribution in [1.82, 2.24) is 15.2 Å². The van der Waals surface area contributed by atoms with Crippen LogP contribution < -0.4 is 5.32 Å². The molecule has 0 bridgehead atoms. The molecule has 1 aliphatic rings. The number of hydrogen-bond acceptors (Lipinski definition) is 3. The van der Waals surface area contributed by atoms with Crippen LogP contribution in [0.15, 0.2) is 24.3 Å². The van der Waals surface area contributed by atoms with Gasteiger partial charge in [0.05, 0.1) is 12.9 Å². The molecule has 5 nitrogen and oxygen atoms in total. The topological polar surface area (TPSA) is 57.4 Å². The van der Waals surface area contributed by atoms with Gasteiger partial charge in [-0.1, -0.05) is 6.04 Å². The lowest BCUT2D eigenvalue weighted by Gasteiger charge is -2.09. The van der Waals surface area contributed by atoms with Crippen LogP contribution in [-0.4, -0.2) is 49.0 Å². The number of nitrogens with one attached hydrogen (secondary N) is 2. The predicted molar refractivity (Wildman–Crippen MR) is 82.5 cm³/mol. The Morgan fingerprint density at radius 1 is 1.62 bits per heavy atom. The average molecular weight is 302 g/mol. The molecular formula is C16H21N3O2. The van der Waals surface area contributed by atoms with Crippen molar-refractivity contribution in [3.05, 3.63) is 35.5 Å². The third kappa shape index (κ3) is 3.19. The van der Waals surface area contributed by atoms with E-state index in [0.29, 0.717) is 0 Å². The highest BCUT2D eigenvalue weighted by molar-refractivity contribution is 5.84. The predicted octanol–water partition coefficient (Wildman–Crippen LogP) is 1.92. The van der Waals surface area contributed by atoms with E-state index in [2.05, 4.69) is 9.72 Å². The highest BCUT2D eigenvalue weighted by Gasteiger charge is 2.22. The minimum atomic E-state index is -3.38. The largest absolute Gasteiger partial charge is 0.447 e. The zero-order valence-corrected chi connectivity index (χ0v) is 10.6. The van der Waals surface area contributed by atoms with E-state index in [4.69, 9.17) is 20.6 Å². The monoisotopic (exact) mass is 302 g/mol. The van der Waals surface area contributed by atoms with E-state index < -0.39 is 75.6 Å². The Hall–Kier alpha value is -2.01. The summed E-state index contributed by atoms with van der Waals surface area (Å²) in [7, 11) is 0. The SMILES string of the molecule is [2H]c1c(C([2H])([2H])[C@@H]2NC(=O)OC2([2H])[2H])c([2H])c2c(CC([2H])([2H])N(C([2H])([2H])[2H])C([2H])([2H])[2H])c[nH]c2c1[2H]. The van der Waals surface area contributed by atoms with Gasteiger partial charge >= 0.3 is 6.09 Å². The molecule has 1 aromatic heterocycles. The number of fused-ring (bicyclic) bond motifs is 1. The number of nitrogens with zero attached hydrogens (tertiary/aromatic N) is 1. The van der Waals surface area contributed by atoms with Crippen molar-refractivity contribution >= 4 is 17.0 Å². The molecule has 3 rings (SSSR count). The van der Waals surface area contributed by atoms with Crippen molar-refractivity contribution in [2.24, 2.45) is 0 Å². The molecule has 0 aliphatic carbocycles. The molecule has 2 N–H and O–H groups in total. The van der Waals surface area contributed by atoms with Gasteiger partial charge in [0.2, 0.25) is 0 Å². The van der Waals surface area contributed by atoms with Crippen LogP contribution in [0.2, 0.25) is 0 Å². The summed E-state index contributed by atoms with van der Waals surface area (Å²) < 4.78 is 124. The van der Waals surface area contributed by atoms with Crippen LogP contribution in [0, 0.1) is 0 Å². The number of aromatic nitrogens is 1. The summed E-state index contributed by atoms with van der Waals surface area (Å²) >= 11 is 0. The second kappa shape index (κ2) is 5.77. The fraction of sp³-hybridized carbons (Fsp3) is 0.438. The number of benzene rings is 1. The van der Waals surface area contributed by atoms with Crippen LogP contribution >= 0.6 is 0 Å². The van der Waals surface area contributed by atoms with Gasteiger partial charge in [0, 0.05) is 37.3 Å². The van der Waals surface area contributed by atoms with Crippen molar-refractivity contribution in [2.75, 3.05) is 27.0 Å². The number of amides is 1. The van der Waals surface area contributed by atoms with E-state index in [1.165, 1.54) is 0 Å². The van der Waals surface area contributed by atoms with E-state index in [1.54, 1.807) is 0 Å². The van der Waals surface area contributed by atoms with E-state index in [1.807, 2.05) is 5.32 Å². The third-order valence-electron chi connectivity index (χ3n) is 2.77. The first-order chi connectivity index (χ1) is 16.0. The molecule has 1 fully saturated rings. The number of alkyl carbamates (subject to hydrolysis) is 1. The number of aryl methyl sites for hydroxylation is 1. The van der Waals surface area contributed by atoms with Gasteiger partial charge in [-0.05, 0) is 50.0 Å². The van der Waals surface area contributed by atoms with Gasteiger partial charge in [-0.3, -0.25) is 0 Å². The summed E-state index contributed by atoms with van der Waals surface area (Å²) in [6, 6.07) is -4.22. The Morgan fingerprint density at radius 3 is 3.29 bits per heavy atom. The summed E-state index contributed by atoms with van der Waals surface area (Å²) in [6.45, 7) is -12.7. The fourth-order valence-electron chi connectivity index (χ4n) is 1.86. The molecule has 0 unspecified atom stereocenters. The Labute approximate surface area is 145 Å².